The Kier molecular flexibility index (Phi) is 4.99. The number of esters is 1. The van der Waals surface area contributed by atoms with Gasteiger partial charge in [-0.1, -0.05) is 0 Å². The minimum atomic E-state index is -0.649. The Morgan fingerprint density at radius 1 is 1.56 bits per heavy atom. The van der Waals surface area contributed by atoms with E-state index in [1.165, 1.54) is 13.1 Å². The predicted octanol–water partition coefficient (Wildman–Crippen LogP) is 1.09. The van der Waals surface area contributed by atoms with Crippen LogP contribution in [0.1, 0.15) is 24.2 Å². The van der Waals surface area contributed by atoms with E-state index in [-0.39, 0.29) is 29.1 Å². The molecule has 1 heterocycles. The van der Waals surface area contributed by atoms with E-state index in [1.54, 1.807) is 6.92 Å². The molecule has 0 saturated carbocycles. The minimum absolute atomic E-state index is 0.0613. The van der Waals surface area contributed by atoms with Crippen molar-refractivity contribution in [2.45, 2.75) is 13.8 Å². The van der Waals surface area contributed by atoms with Crippen LogP contribution in [0.15, 0.2) is 6.20 Å². The van der Waals surface area contributed by atoms with Gasteiger partial charge in [-0.25, -0.2) is 10.0 Å². The van der Waals surface area contributed by atoms with Gasteiger partial charge >= 0.3 is 5.97 Å². The second-order valence-corrected chi connectivity index (χ2v) is 3.63. The Morgan fingerprint density at radius 2 is 2.22 bits per heavy atom. The van der Waals surface area contributed by atoms with Crippen molar-refractivity contribution in [1.29, 1.82) is 0 Å². The molecule has 1 aromatic rings. The van der Waals surface area contributed by atoms with Crippen molar-refractivity contribution < 1.29 is 19.5 Å². The maximum Gasteiger partial charge on any atom is 0.328 e. The molecule has 0 atom stereocenters. The number of hydrogen-bond acceptors (Lipinski definition) is 7. The SMILES string of the molecule is CCOC(=O)CN(O)c1nc(Cl)ncc1C(C)=O. The molecule has 7 nitrogen and oxygen atoms in total. The maximum atomic E-state index is 11.3. The molecule has 0 aliphatic heterocycles. The molecular weight excluding hydrogens is 262 g/mol. The summed E-state index contributed by atoms with van der Waals surface area (Å²) < 4.78 is 4.66. The molecule has 0 spiro atoms. The molecule has 0 fully saturated rings. The van der Waals surface area contributed by atoms with Crippen molar-refractivity contribution in [3.05, 3.63) is 17.0 Å². The lowest BCUT2D eigenvalue weighted by atomic mass is 10.2. The van der Waals surface area contributed by atoms with Crippen molar-refractivity contribution in [3.63, 3.8) is 0 Å². The number of carbonyl (C=O) groups is 2. The number of halogens is 1. The number of anilines is 1. The fraction of sp³-hybridized carbons (Fsp3) is 0.400. The average Bonchev–Trinajstić information content (AvgIpc) is 2.28. The highest BCUT2D eigenvalue weighted by atomic mass is 35.5. The number of hydroxylamine groups is 1. The first kappa shape index (κ1) is 14.3. The van der Waals surface area contributed by atoms with Crippen LogP contribution in [-0.4, -0.2) is 40.1 Å². The van der Waals surface area contributed by atoms with Gasteiger partial charge in [-0.15, -0.1) is 0 Å². The van der Waals surface area contributed by atoms with Crippen LogP contribution in [0.25, 0.3) is 0 Å². The molecular formula is C10H12ClN3O4. The second kappa shape index (κ2) is 6.27. The predicted molar refractivity (Wildman–Crippen MR) is 62.8 cm³/mol. The zero-order chi connectivity index (χ0) is 13.7. The molecule has 0 amide bonds. The molecule has 0 aliphatic rings. The van der Waals surface area contributed by atoms with Gasteiger partial charge in [0.1, 0.15) is 6.54 Å². The van der Waals surface area contributed by atoms with Crippen molar-refractivity contribution in [2.75, 3.05) is 18.2 Å². The summed E-state index contributed by atoms with van der Waals surface area (Å²) in [5.74, 6) is -1.13. The highest BCUT2D eigenvalue weighted by Crippen LogP contribution is 2.18. The van der Waals surface area contributed by atoms with Gasteiger partial charge in [-0.05, 0) is 25.4 Å². The van der Waals surface area contributed by atoms with E-state index in [2.05, 4.69) is 14.7 Å². The first-order valence-corrected chi connectivity index (χ1v) is 5.49. The third-order valence-electron chi connectivity index (χ3n) is 1.95. The van der Waals surface area contributed by atoms with Gasteiger partial charge in [0, 0.05) is 6.20 Å². The third kappa shape index (κ3) is 3.64. The van der Waals surface area contributed by atoms with Gasteiger partial charge in [0.2, 0.25) is 5.28 Å². The molecule has 0 aromatic carbocycles. The van der Waals surface area contributed by atoms with E-state index >= 15 is 0 Å². The number of rotatable bonds is 5. The molecule has 1 N–H and O–H groups in total. The summed E-state index contributed by atoms with van der Waals surface area (Å²) in [5.41, 5.74) is 0.0613. The van der Waals surface area contributed by atoms with Crippen LogP contribution >= 0.6 is 11.6 Å². The van der Waals surface area contributed by atoms with Gasteiger partial charge in [0.25, 0.3) is 0 Å². The van der Waals surface area contributed by atoms with E-state index in [0.717, 1.165) is 0 Å². The van der Waals surface area contributed by atoms with E-state index in [9.17, 15) is 14.8 Å². The fourth-order valence-electron chi connectivity index (χ4n) is 1.20. The topological polar surface area (TPSA) is 92.6 Å². The smallest absolute Gasteiger partial charge is 0.328 e. The lowest BCUT2D eigenvalue weighted by Gasteiger charge is -2.16. The van der Waals surface area contributed by atoms with E-state index in [1.807, 2.05) is 0 Å². The Hall–Kier alpha value is -1.73. The Morgan fingerprint density at radius 3 is 2.78 bits per heavy atom. The summed E-state index contributed by atoms with van der Waals surface area (Å²) >= 11 is 5.58. The van der Waals surface area contributed by atoms with Gasteiger partial charge in [0.05, 0.1) is 12.2 Å². The highest BCUT2D eigenvalue weighted by Gasteiger charge is 2.18. The van der Waals surface area contributed by atoms with Crippen LogP contribution in [0.2, 0.25) is 5.28 Å². The second-order valence-electron chi connectivity index (χ2n) is 3.30. The molecule has 1 aromatic heterocycles. The van der Waals surface area contributed by atoms with Gasteiger partial charge in [0.15, 0.2) is 11.6 Å². The first-order valence-electron chi connectivity index (χ1n) is 5.11. The Labute approximate surface area is 108 Å². The van der Waals surface area contributed by atoms with Crippen LogP contribution in [0.4, 0.5) is 5.82 Å². The Balaban J connectivity index is 2.96. The number of nitrogens with zero attached hydrogens (tertiary/aromatic N) is 3. The quantitative estimate of drug-likeness (QED) is 0.371. The lowest BCUT2D eigenvalue weighted by molar-refractivity contribution is -0.142. The van der Waals surface area contributed by atoms with Gasteiger partial charge < -0.3 is 4.74 Å². The van der Waals surface area contributed by atoms with Crippen LogP contribution < -0.4 is 5.06 Å². The number of ketones is 1. The van der Waals surface area contributed by atoms with Crippen molar-refractivity contribution >= 4 is 29.2 Å². The molecule has 8 heteroatoms. The monoisotopic (exact) mass is 273 g/mol. The third-order valence-corrected chi connectivity index (χ3v) is 2.13. The minimum Gasteiger partial charge on any atom is -0.465 e. The summed E-state index contributed by atoms with van der Waals surface area (Å²) in [6.07, 6.45) is 1.18. The van der Waals surface area contributed by atoms with Gasteiger partial charge in [-0.2, -0.15) is 4.98 Å². The zero-order valence-corrected chi connectivity index (χ0v) is 10.6. The Bertz CT molecular complexity index is 466. The summed E-state index contributed by atoms with van der Waals surface area (Å²) in [6.45, 7) is 2.66. The first-order chi connectivity index (χ1) is 8.45. The molecule has 1 rings (SSSR count). The van der Waals surface area contributed by atoms with Crippen LogP contribution in [0.3, 0.4) is 0 Å². The number of ether oxygens (including phenoxy) is 1. The highest BCUT2D eigenvalue weighted by molar-refractivity contribution is 6.28. The molecule has 98 valence electrons. The number of aromatic nitrogens is 2. The van der Waals surface area contributed by atoms with Gasteiger partial charge in [-0.3, -0.25) is 14.8 Å². The zero-order valence-electron chi connectivity index (χ0n) is 9.88. The summed E-state index contributed by atoms with van der Waals surface area (Å²) in [6, 6.07) is 0. The molecule has 18 heavy (non-hydrogen) atoms. The normalized spacial score (nSPS) is 10.0. The molecule has 0 radical (unpaired) electrons. The van der Waals surface area contributed by atoms with E-state index < -0.39 is 12.5 Å². The number of carbonyl (C=O) groups excluding carboxylic acids is 2. The average molecular weight is 274 g/mol. The largest absolute Gasteiger partial charge is 0.465 e. The maximum absolute atomic E-state index is 11.3. The van der Waals surface area contributed by atoms with Crippen LogP contribution in [-0.2, 0) is 9.53 Å². The summed E-state index contributed by atoms with van der Waals surface area (Å²) in [4.78, 5) is 29.9. The van der Waals surface area contributed by atoms with E-state index in [0.29, 0.717) is 5.06 Å². The van der Waals surface area contributed by atoms with E-state index in [4.69, 9.17) is 11.6 Å². The van der Waals surface area contributed by atoms with Crippen molar-refractivity contribution in [3.8, 4) is 0 Å². The molecule has 0 unspecified atom stereocenters. The molecule has 0 bridgehead atoms. The summed E-state index contributed by atoms with van der Waals surface area (Å²) in [7, 11) is 0. The molecule has 0 aliphatic carbocycles. The molecule has 0 saturated heterocycles. The number of Topliss-reactive ketones (excluding diaryl/α,β-unsaturated/α-hetero) is 1. The van der Waals surface area contributed by atoms with Crippen molar-refractivity contribution in [1.82, 2.24) is 9.97 Å². The van der Waals surface area contributed by atoms with Crippen molar-refractivity contribution in [2.24, 2.45) is 0 Å². The summed E-state index contributed by atoms with van der Waals surface area (Å²) in [5, 5.41) is 10.1. The fourth-order valence-corrected chi connectivity index (χ4v) is 1.33. The lowest BCUT2D eigenvalue weighted by Crippen LogP contribution is -2.30. The number of hydrogen-bond donors (Lipinski definition) is 1. The standard InChI is InChI=1S/C10H12ClN3O4/c1-3-18-8(16)5-14(17)9-7(6(2)15)4-12-10(11)13-9/h4,17H,3,5H2,1-2H3. The van der Waals surface area contributed by atoms with Crippen LogP contribution in [0.5, 0.6) is 0 Å². The van der Waals surface area contributed by atoms with Crippen LogP contribution in [0, 0.1) is 0 Å².